The molecule has 1 aromatic heterocycles. The van der Waals surface area contributed by atoms with Crippen LogP contribution in [0.25, 0.3) is 0 Å². The van der Waals surface area contributed by atoms with Gasteiger partial charge in [-0.1, -0.05) is 13.8 Å². The minimum Gasteiger partial charge on any atom is -0.341 e. The molecule has 1 heterocycles. The molecule has 0 atom stereocenters. The molecule has 0 aromatic carbocycles. The molecule has 0 spiro atoms. The van der Waals surface area contributed by atoms with Crippen molar-refractivity contribution in [2.45, 2.75) is 40.2 Å². The predicted molar refractivity (Wildman–Crippen MR) is 63.0 cm³/mol. The van der Waals surface area contributed by atoms with E-state index in [2.05, 4.69) is 25.0 Å². The fourth-order valence-corrected chi connectivity index (χ4v) is 1.66. The Morgan fingerprint density at radius 2 is 2.06 bits per heavy atom. The van der Waals surface area contributed by atoms with E-state index in [-0.39, 0.29) is 5.91 Å². The smallest absolute Gasteiger partial charge is 0.242 e. The zero-order valence-electron chi connectivity index (χ0n) is 10.4. The van der Waals surface area contributed by atoms with E-state index in [0.29, 0.717) is 6.54 Å². The molecule has 0 N–H and O–H groups in total. The zero-order chi connectivity index (χ0) is 12.0. The van der Waals surface area contributed by atoms with Crippen LogP contribution >= 0.6 is 0 Å². The summed E-state index contributed by atoms with van der Waals surface area (Å²) in [5, 5.41) is 0. The largest absolute Gasteiger partial charge is 0.341 e. The molecule has 0 bridgehead atoms. The lowest BCUT2D eigenvalue weighted by atomic mass is 10.3. The number of carbonyl (C=O) groups is 1. The summed E-state index contributed by atoms with van der Waals surface area (Å²) >= 11 is 0. The van der Waals surface area contributed by atoms with E-state index in [1.54, 1.807) is 6.20 Å². The van der Waals surface area contributed by atoms with E-state index >= 15 is 0 Å². The van der Waals surface area contributed by atoms with Gasteiger partial charge in [-0.3, -0.25) is 4.79 Å². The summed E-state index contributed by atoms with van der Waals surface area (Å²) in [7, 11) is 0. The third-order valence-corrected chi connectivity index (χ3v) is 2.50. The second-order valence-corrected chi connectivity index (χ2v) is 3.93. The van der Waals surface area contributed by atoms with Crippen LogP contribution in [-0.4, -0.2) is 33.4 Å². The van der Waals surface area contributed by atoms with Crippen molar-refractivity contribution in [3.8, 4) is 0 Å². The summed E-state index contributed by atoms with van der Waals surface area (Å²) in [5.74, 6) is 1.000. The summed E-state index contributed by atoms with van der Waals surface area (Å²) in [5.41, 5.74) is 0. The Morgan fingerprint density at radius 1 is 1.44 bits per heavy atom. The molecule has 1 amide bonds. The average Bonchev–Trinajstić information content (AvgIpc) is 2.64. The highest BCUT2D eigenvalue weighted by Crippen LogP contribution is 2.00. The quantitative estimate of drug-likeness (QED) is 0.734. The first kappa shape index (κ1) is 12.7. The zero-order valence-corrected chi connectivity index (χ0v) is 10.4. The van der Waals surface area contributed by atoms with Crippen LogP contribution in [0.4, 0.5) is 0 Å². The van der Waals surface area contributed by atoms with Gasteiger partial charge in [0, 0.05) is 19.3 Å². The van der Waals surface area contributed by atoms with Crippen molar-refractivity contribution < 1.29 is 4.79 Å². The van der Waals surface area contributed by atoms with Gasteiger partial charge in [-0.15, -0.1) is 0 Å². The lowest BCUT2D eigenvalue weighted by Gasteiger charge is -2.21. The van der Waals surface area contributed by atoms with Crippen molar-refractivity contribution in [1.29, 1.82) is 0 Å². The minimum absolute atomic E-state index is 0.165. The SMILES string of the molecule is CCCN(CCC)C(=O)Cn1c[c]nc1C. The molecule has 0 saturated heterocycles. The molecule has 89 valence electrons. The van der Waals surface area contributed by atoms with Gasteiger partial charge in [-0.25, -0.2) is 4.98 Å². The van der Waals surface area contributed by atoms with Gasteiger partial charge >= 0.3 is 0 Å². The summed E-state index contributed by atoms with van der Waals surface area (Å²) in [6.45, 7) is 8.11. The molecule has 0 aliphatic heterocycles. The number of rotatable bonds is 6. The number of hydrogen-bond donors (Lipinski definition) is 0. The van der Waals surface area contributed by atoms with Crippen LogP contribution in [0.2, 0.25) is 0 Å². The van der Waals surface area contributed by atoms with Gasteiger partial charge in [0.2, 0.25) is 5.91 Å². The summed E-state index contributed by atoms with van der Waals surface area (Å²) in [4.78, 5) is 17.9. The molecule has 16 heavy (non-hydrogen) atoms. The van der Waals surface area contributed by atoms with Crippen molar-refractivity contribution >= 4 is 5.91 Å². The van der Waals surface area contributed by atoms with Crippen LogP contribution in [-0.2, 0) is 11.3 Å². The molecule has 4 heteroatoms. The summed E-state index contributed by atoms with van der Waals surface area (Å²) in [6, 6.07) is 0. The van der Waals surface area contributed by atoms with Crippen LogP contribution < -0.4 is 0 Å². The Kier molecular flexibility index (Phi) is 5.02. The molecular formula is C12H20N3O. The number of aryl methyl sites for hydroxylation is 1. The van der Waals surface area contributed by atoms with Crippen molar-refractivity contribution in [3.63, 3.8) is 0 Å². The highest BCUT2D eigenvalue weighted by atomic mass is 16.2. The minimum atomic E-state index is 0.165. The van der Waals surface area contributed by atoms with Gasteiger partial charge in [-0.2, -0.15) is 0 Å². The molecule has 0 aliphatic rings. The maximum atomic E-state index is 12.0. The van der Waals surface area contributed by atoms with E-state index in [4.69, 9.17) is 0 Å². The summed E-state index contributed by atoms with van der Waals surface area (Å²) in [6.07, 6.45) is 6.48. The third-order valence-electron chi connectivity index (χ3n) is 2.50. The monoisotopic (exact) mass is 222 g/mol. The first-order chi connectivity index (χ1) is 7.69. The molecule has 1 aromatic rings. The van der Waals surface area contributed by atoms with Crippen molar-refractivity contribution in [1.82, 2.24) is 14.5 Å². The normalized spacial score (nSPS) is 10.4. The molecule has 1 radical (unpaired) electrons. The van der Waals surface area contributed by atoms with Crippen molar-refractivity contribution in [2.24, 2.45) is 0 Å². The standard InChI is InChI=1S/C12H20N3O/c1-4-7-14(8-5-2)12(16)10-15-9-6-13-11(15)3/h9H,4-5,7-8,10H2,1-3H3. The Hall–Kier alpha value is -1.32. The van der Waals surface area contributed by atoms with Crippen LogP contribution in [0.5, 0.6) is 0 Å². The predicted octanol–water partition coefficient (Wildman–Crippen LogP) is 1.64. The highest BCUT2D eigenvalue weighted by molar-refractivity contribution is 5.76. The third kappa shape index (κ3) is 3.36. The molecular weight excluding hydrogens is 202 g/mol. The number of nitrogens with zero attached hydrogens (tertiary/aromatic N) is 3. The molecule has 0 unspecified atom stereocenters. The fraction of sp³-hybridized carbons (Fsp3) is 0.667. The van der Waals surface area contributed by atoms with Crippen LogP contribution in [0.15, 0.2) is 6.20 Å². The van der Waals surface area contributed by atoms with E-state index in [1.807, 2.05) is 16.4 Å². The topological polar surface area (TPSA) is 38.1 Å². The van der Waals surface area contributed by atoms with Gasteiger partial charge in [0.15, 0.2) is 0 Å². The molecule has 1 rings (SSSR count). The number of imidazole rings is 1. The van der Waals surface area contributed by atoms with Crippen molar-refractivity contribution in [2.75, 3.05) is 13.1 Å². The number of carbonyl (C=O) groups excluding carboxylic acids is 1. The first-order valence-electron chi connectivity index (χ1n) is 5.86. The Labute approximate surface area is 97.3 Å². The van der Waals surface area contributed by atoms with Crippen LogP contribution in [0.1, 0.15) is 32.5 Å². The lowest BCUT2D eigenvalue weighted by Crippen LogP contribution is -2.35. The van der Waals surface area contributed by atoms with Gasteiger partial charge < -0.3 is 9.47 Å². The maximum absolute atomic E-state index is 12.0. The van der Waals surface area contributed by atoms with Gasteiger partial charge in [0.05, 0.1) is 0 Å². The maximum Gasteiger partial charge on any atom is 0.242 e. The Balaban J connectivity index is 2.58. The van der Waals surface area contributed by atoms with Crippen LogP contribution in [0, 0.1) is 13.1 Å². The van der Waals surface area contributed by atoms with Crippen LogP contribution in [0.3, 0.4) is 0 Å². The Bertz CT molecular complexity index is 327. The number of amides is 1. The fourth-order valence-electron chi connectivity index (χ4n) is 1.66. The lowest BCUT2D eigenvalue weighted by molar-refractivity contribution is -0.132. The first-order valence-corrected chi connectivity index (χ1v) is 5.86. The summed E-state index contributed by atoms with van der Waals surface area (Å²) < 4.78 is 1.83. The van der Waals surface area contributed by atoms with Gasteiger partial charge in [0.25, 0.3) is 0 Å². The molecule has 4 nitrogen and oxygen atoms in total. The second kappa shape index (κ2) is 6.30. The number of aromatic nitrogens is 2. The van der Waals surface area contributed by atoms with Gasteiger partial charge in [-0.05, 0) is 19.8 Å². The van der Waals surface area contributed by atoms with E-state index in [0.717, 1.165) is 31.8 Å². The molecule has 0 saturated carbocycles. The highest BCUT2D eigenvalue weighted by Gasteiger charge is 2.12. The van der Waals surface area contributed by atoms with E-state index in [1.165, 1.54) is 0 Å². The average molecular weight is 222 g/mol. The molecule has 0 aliphatic carbocycles. The van der Waals surface area contributed by atoms with Crippen molar-refractivity contribution in [3.05, 3.63) is 18.2 Å². The van der Waals surface area contributed by atoms with Gasteiger partial charge in [0.1, 0.15) is 18.6 Å². The van der Waals surface area contributed by atoms with E-state index in [9.17, 15) is 4.79 Å². The second-order valence-electron chi connectivity index (χ2n) is 3.93. The Morgan fingerprint density at radius 3 is 2.50 bits per heavy atom. The molecule has 0 fully saturated rings. The number of hydrogen-bond acceptors (Lipinski definition) is 2. The van der Waals surface area contributed by atoms with E-state index < -0.39 is 0 Å².